The molecule has 2 aromatic rings. The Balaban J connectivity index is 2.37. The largest absolute Gasteiger partial charge is 0.480 e. The highest BCUT2D eigenvalue weighted by Gasteiger charge is 2.22. The molecule has 0 saturated carbocycles. The molecule has 0 bridgehead atoms. The molecule has 0 fully saturated rings. The van der Waals surface area contributed by atoms with Gasteiger partial charge in [-0.25, -0.2) is 0 Å². The number of rotatable bonds is 2. The average molecular weight is 258 g/mol. The maximum atomic E-state index is 12.4. The molecule has 1 aliphatic rings. The van der Waals surface area contributed by atoms with Gasteiger partial charge in [0, 0.05) is 12.1 Å². The van der Waals surface area contributed by atoms with Gasteiger partial charge in [-0.3, -0.25) is 9.59 Å². The van der Waals surface area contributed by atoms with Crippen molar-refractivity contribution >= 4 is 16.9 Å². The molecule has 5 heteroatoms. The van der Waals surface area contributed by atoms with E-state index in [2.05, 4.69) is 0 Å². The highest BCUT2D eigenvalue weighted by molar-refractivity contribution is 5.85. The van der Waals surface area contributed by atoms with Gasteiger partial charge in [0.25, 0.3) is 5.56 Å². The zero-order chi connectivity index (χ0) is 13.6. The maximum absolute atomic E-state index is 12.4. The average Bonchev–Trinajstić information content (AvgIpc) is 2.42. The normalized spacial score (nSPS) is 15.4. The molecule has 0 aliphatic carbocycles. The zero-order valence-electron chi connectivity index (χ0n) is 10.3. The van der Waals surface area contributed by atoms with E-state index < -0.39 is 12.0 Å². The molecule has 0 saturated heterocycles. The zero-order valence-corrected chi connectivity index (χ0v) is 10.3. The van der Waals surface area contributed by atoms with Crippen LogP contribution >= 0.6 is 0 Å². The lowest BCUT2D eigenvalue weighted by atomic mass is 9.98. The van der Waals surface area contributed by atoms with Crippen LogP contribution in [0.5, 0.6) is 0 Å². The number of hydrogen-bond acceptors (Lipinski definition) is 3. The third-order valence-corrected chi connectivity index (χ3v) is 3.65. The van der Waals surface area contributed by atoms with Crippen LogP contribution in [-0.4, -0.2) is 15.6 Å². The molecule has 2 heterocycles. The van der Waals surface area contributed by atoms with Gasteiger partial charge < -0.3 is 15.4 Å². The number of aromatic nitrogens is 1. The van der Waals surface area contributed by atoms with Crippen molar-refractivity contribution in [2.24, 2.45) is 5.73 Å². The molecule has 3 N–H and O–H groups in total. The lowest BCUT2D eigenvalue weighted by Gasteiger charge is -2.21. The molecule has 0 amide bonds. The molecule has 98 valence electrons. The summed E-state index contributed by atoms with van der Waals surface area (Å²) in [6, 6.07) is 6.16. The molecular formula is C14H14N2O3. The molecule has 3 rings (SSSR count). The summed E-state index contributed by atoms with van der Waals surface area (Å²) in [5.41, 5.74) is 7.52. The summed E-state index contributed by atoms with van der Waals surface area (Å²) >= 11 is 0. The first kappa shape index (κ1) is 11.9. The van der Waals surface area contributed by atoms with Crippen LogP contribution < -0.4 is 11.3 Å². The first-order chi connectivity index (χ1) is 9.09. The van der Waals surface area contributed by atoms with Gasteiger partial charge in [-0.15, -0.1) is 0 Å². The van der Waals surface area contributed by atoms with Gasteiger partial charge in [-0.05, 0) is 29.9 Å². The van der Waals surface area contributed by atoms with E-state index in [0.29, 0.717) is 6.54 Å². The molecule has 19 heavy (non-hydrogen) atoms. The maximum Gasteiger partial charge on any atom is 0.325 e. The van der Waals surface area contributed by atoms with Gasteiger partial charge >= 0.3 is 5.97 Å². The number of aryl methyl sites for hydroxylation is 2. The Bertz CT molecular complexity index is 733. The third-order valence-electron chi connectivity index (χ3n) is 3.65. The summed E-state index contributed by atoms with van der Waals surface area (Å²) in [6.45, 7) is 0.618. The second kappa shape index (κ2) is 4.20. The smallest absolute Gasteiger partial charge is 0.325 e. The van der Waals surface area contributed by atoms with Gasteiger partial charge in [-0.2, -0.15) is 0 Å². The number of para-hydroxylation sites is 1. The molecule has 5 nitrogen and oxygen atoms in total. The molecule has 1 atom stereocenters. The Morgan fingerprint density at radius 2 is 2.21 bits per heavy atom. The Kier molecular flexibility index (Phi) is 2.64. The number of pyridine rings is 1. The summed E-state index contributed by atoms with van der Waals surface area (Å²) < 4.78 is 1.66. The van der Waals surface area contributed by atoms with Crippen molar-refractivity contribution in [3.8, 4) is 0 Å². The summed E-state index contributed by atoms with van der Waals surface area (Å²) in [4.78, 5) is 23.4. The quantitative estimate of drug-likeness (QED) is 0.842. The third kappa shape index (κ3) is 1.74. The number of carboxylic acids is 1. The van der Waals surface area contributed by atoms with E-state index in [0.717, 1.165) is 29.3 Å². The standard InChI is InChI=1S/C14H14N2O3/c15-11(14(18)19)10-7-9-4-1-3-8-5-2-6-16(12(8)9)13(10)17/h1,3-4,7,11H,2,5-6,15H2,(H,18,19). The molecular weight excluding hydrogens is 244 g/mol. The number of aliphatic carboxylic acids is 1. The lowest BCUT2D eigenvalue weighted by Crippen LogP contribution is -2.33. The second-order valence-electron chi connectivity index (χ2n) is 4.83. The van der Waals surface area contributed by atoms with Gasteiger partial charge in [-0.1, -0.05) is 18.2 Å². The Morgan fingerprint density at radius 3 is 2.95 bits per heavy atom. The fourth-order valence-corrected chi connectivity index (χ4v) is 2.74. The van der Waals surface area contributed by atoms with Crippen LogP contribution in [0.4, 0.5) is 0 Å². The van der Waals surface area contributed by atoms with Crippen LogP contribution in [0.15, 0.2) is 29.1 Å². The second-order valence-corrected chi connectivity index (χ2v) is 4.83. The van der Waals surface area contributed by atoms with Crippen molar-refractivity contribution in [2.45, 2.75) is 25.4 Å². The fraction of sp³-hybridized carbons (Fsp3) is 0.286. The molecule has 0 spiro atoms. The number of nitrogens with zero attached hydrogens (tertiary/aromatic N) is 1. The summed E-state index contributed by atoms with van der Waals surface area (Å²) in [5.74, 6) is -1.18. The fourth-order valence-electron chi connectivity index (χ4n) is 2.74. The highest BCUT2D eigenvalue weighted by atomic mass is 16.4. The summed E-state index contributed by atoms with van der Waals surface area (Å²) in [7, 11) is 0. The van der Waals surface area contributed by atoms with Crippen molar-refractivity contribution in [3.05, 3.63) is 45.7 Å². The monoisotopic (exact) mass is 258 g/mol. The molecule has 0 radical (unpaired) electrons. The number of carbonyl (C=O) groups is 1. The van der Waals surface area contributed by atoms with E-state index in [1.54, 1.807) is 10.6 Å². The van der Waals surface area contributed by atoms with Gasteiger partial charge in [0.1, 0.15) is 6.04 Å². The van der Waals surface area contributed by atoms with Crippen molar-refractivity contribution in [1.29, 1.82) is 0 Å². The van der Waals surface area contributed by atoms with Crippen molar-refractivity contribution in [2.75, 3.05) is 0 Å². The number of hydrogen-bond donors (Lipinski definition) is 2. The SMILES string of the molecule is NC(C(=O)O)c1cc2cccc3c2n(c1=O)CCC3. The number of nitrogens with two attached hydrogens (primary N) is 1. The van der Waals surface area contributed by atoms with Gasteiger partial charge in [0.05, 0.1) is 5.52 Å². The highest BCUT2D eigenvalue weighted by Crippen LogP contribution is 2.25. The predicted molar refractivity (Wildman–Crippen MR) is 71.1 cm³/mol. The van der Waals surface area contributed by atoms with Crippen LogP contribution in [0.25, 0.3) is 10.9 Å². The van der Waals surface area contributed by atoms with Crippen LogP contribution in [0.2, 0.25) is 0 Å². The van der Waals surface area contributed by atoms with E-state index in [1.165, 1.54) is 0 Å². The minimum absolute atomic E-state index is 0.152. The van der Waals surface area contributed by atoms with E-state index in [4.69, 9.17) is 10.8 Å². The van der Waals surface area contributed by atoms with Crippen molar-refractivity contribution in [3.63, 3.8) is 0 Å². The van der Waals surface area contributed by atoms with E-state index in [-0.39, 0.29) is 11.1 Å². The molecule has 1 aromatic carbocycles. The van der Waals surface area contributed by atoms with Crippen LogP contribution in [-0.2, 0) is 17.8 Å². The minimum Gasteiger partial charge on any atom is -0.480 e. The lowest BCUT2D eigenvalue weighted by molar-refractivity contribution is -0.138. The van der Waals surface area contributed by atoms with Crippen molar-refractivity contribution < 1.29 is 9.90 Å². The van der Waals surface area contributed by atoms with E-state index in [9.17, 15) is 9.59 Å². The van der Waals surface area contributed by atoms with E-state index >= 15 is 0 Å². The van der Waals surface area contributed by atoms with Gasteiger partial charge in [0.15, 0.2) is 0 Å². The number of benzene rings is 1. The van der Waals surface area contributed by atoms with E-state index in [1.807, 2.05) is 18.2 Å². The van der Waals surface area contributed by atoms with Crippen molar-refractivity contribution in [1.82, 2.24) is 4.57 Å². The molecule has 1 aliphatic heterocycles. The predicted octanol–water partition coefficient (Wildman–Crippen LogP) is 1.03. The molecule has 1 unspecified atom stereocenters. The van der Waals surface area contributed by atoms with Crippen LogP contribution in [0.1, 0.15) is 23.6 Å². The summed E-state index contributed by atoms with van der Waals surface area (Å²) in [6.07, 6.45) is 1.83. The van der Waals surface area contributed by atoms with Crippen LogP contribution in [0.3, 0.4) is 0 Å². The van der Waals surface area contributed by atoms with Crippen LogP contribution in [0, 0.1) is 0 Å². The first-order valence-electron chi connectivity index (χ1n) is 6.23. The minimum atomic E-state index is -1.27. The Morgan fingerprint density at radius 1 is 1.42 bits per heavy atom. The number of carboxylic acid groups (broad SMARTS) is 1. The Hall–Kier alpha value is -2.14. The molecule has 1 aromatic heterocycles. The first-order valence-corrected chi connectivity index (χ1v) is 6.23. The Labute approximate surface area is 109 Å². The topological polar surface area (TPSA) is 85.3 Å². The van der Waals surface area contributed by atoms with Gasteiger partial charge in [0.2, 0.25) is 0 Å². The summed E-state index contributed by atoms with van der Waals surface area (Å²) in [5, 5.41) is 9.87.